The van der Waals surface area contributed by atoms with Gasteiger partial charge < -0.3 is 4.74 Å². The molecule has 1 aromatic carbocycles. The molecule has 1 unspecified atom stereocenters. The van der Waals surface area contributed by atoms with Gasteiger partial charge in [-0.25, -0.2) is 0 Å². The van der Waals surface area contributed by atoms with Crippen LogP contribution in [0.3, 0.4) is 0 Å². The summed E-state index contributed by atoms with van der Waals surface area (Å²) < 4.78 is 5.01. The Bertz CT molecular complexity index is 384. The highest BCUT2D eigenvalue weighted by molar-refractivity contribution is 9.09. The fraction of sp³-hybridized carbons (Fsp3) is 0.333. The molecule has 0 saturated carbocycles. The number of esters is 1. The van der Waals surface area contributed by atoms with Crippen LogP contribution in [0.2, 0.25) is 0 Å². The lowest BCUT2D eigenvalue weighted by Crippen LogP contribution is -2.19. The zero-order chi connectivity index (χ0) is 12.1. The molecule has 0 bridgehead atoms. The summed E-state index contributed by atoms with van der Waals surface area (Å²) in [6.07, 6.45) is -0.808. The third-order valence-corrected chi connectivity index (χ3v) is 2.64. The van der Waals surface area contributed by atoms with Crippen molar-refractivity contribution in [3.8, 4) is 0 Å². The first kappa shape index (κ1) is 12.9. The third kappa shape index (κ3) is 3.45. The van der Waals surface area contributed by atoms with Gasteiger partial charge in [0, 0.05) is 12.5 Å². The number of rotatable bonds is 4. The summed E-state index contributed by atoms with van der Waals surface area (Å²) >= 11 is 3.08. The number of alkyl halides is 1. The smallest absolute Gasteiger partial charge is 0.303 e. The molecule has 0 fully saturated rings. The Labute approximate surface area is 103 Å². The third-order valence-electron chi connectivity index (χ3n) is 2.09. The Morgan fingerprint density at radius 2 is 1.88 bits per heavy atom. The summed E-state index contributed by atoms with van der Waals surface area (Å²) in [5, 5.41) is 0.165. The molecule has 0 aromatic heterocycles. The average Bonchev–Trinajstić information content (AvgIpc) is 2.26. The van der Waals surface area contributed by atoms with Crippen LogP contribution >= 0.6 is 15.9 Å². The number of ketones is 1. The molecule has 4 heteroatoms. The van der Waals surface area contributed by atoms with E-state index >= 15 is 0 Å². The molecule has 1 rings (SSSR count). The van der Waals surface area contributed by atoms with E-state index in [4.69, 9.17) is 4.74 Å². The molecule has 0 radical (unpaired) electrons. The van der Waals surface area contributed by atoms with E-state index in [1.807, 2.05) is 19.1 Å². The van der Waals surface area contributed by atoms with Gasteiger partial charge in [-0.2, -0.15) is 0 Å². The summed E-state index contributed by atoms with van der Waals surface area (Å²) in [6.45, 7) is 3.25. The lowest BCUT2D eigenvalue weighted by Gasteiger charge is -2.15. The molecular weight excluding hydrogens is 272 g/mol. The number of Topliss-reactive ketones (excluding diaryl/α,β-unsaturated/α-hetero) is 1. The maximum Gasteiger partial charge on any atom is 0.303 e. The van der Waals surface area contributed by atoms with Crippen LogP contribution in [0.1, 0.15) is 24.2 Å². The second-order valence-corrected chi connectivity index (χ2v) is 4.06. The van der Waals surface area contributed by atoms with Crippen LogP contribution in [-0.2, 0) is 14.3 Å². The Morgan fingerprint density at radius 1 is 1.31 bits per heavy atom. The van der Waals surface area contributed by atoms with E-state index in [0.29, 0.717) is 5.56 Å². The monoisotopic (exact) mass is 284 g/mol. The van der Waals surface area contributed by atoms with Gasteiger partial charge >= 0.3 is 5.97 Å². The van der Waals surface area contributed by atoms with Crippen LogP contribution in [0.4, 0.5) is 0 Å². The van der Waals surface area contributed by atoms with E-state index < -0.39 is 12.1 Å². The number of hydrogen-bond donors (Lipinski definition) is 0. The van der Waals surface area contributed by atoms with Gasteiger partial charge in [0.15, 0.2) is 11.9 Å². The summed E-state index contributed by atoms with van der Waals surface area (Å²) in [7, 11) is 0. The Morgan fingerprint density at radius 3 is 2.31 bits per heavy atom. The SMILES string of the molecule is CC(=O)OC(C(=O)CBr)c1ccc(C)cc1. The molecule has 0 saturated heterocycles. The van der Waals surface area contributed by atoms with Gasteiger partial charge in [0.25, 0.3) is 0 Å². The molecule has 0 aliphatic carbocycles. The Balaban J connectivity index is 2.96. The van der Waals surface area contributed by atoms with Crippen molar-refractivity contribution in [2.24, 2.45) is 0 Å². The number of carbonyl (C=O) groups excluding carboxylic acids is 2. The molecule has 16 heavy (non-hydrogen) atoms. The summed E-state index contributed by atoms with van der Waals surface area (Å²) in [6, 6.07) is 7.35. The van der Waals surface area contributed by atoms with Crippen molar-refractivity contribution in [1.82, 2.24) is 0 Å². The molecule has 1 atom stereocenters. The van der Waals surface area contributed by atoms with Gasteiger partial charge in [-0.3, -0.25) is 9.59 Å². The molecule has 3 nitrogen and oxygen atoms in total. The van der Waals surface area contributed by atoms with Crippen LogP contribution in [0.15, 0.2) is 24.3 Å². The number of ether oxygens (including phenoxy) is 1. The van der Waals surface area contributed by atoms with Crippen molar-refractivity contribution < 1.29 is 14.3 Å². The van der Waals surface area contributed by atoms with Crippen molar-refractivity contribution in [2.45, 2.75) is 20.0 Å². The summed E-state index contributed by atoms with van der Waals surface area (Å²) in [5.41, 5.74) is 1.79. The first-order valence-electron chi connectivity index (χ1n) is 4.87. The van der Waals surface area contributed by atoms with Gasteiger partial charge in [-0.15, -0.1) is 0 Å². The first-order chi connectivity index (χ1) is 7.54. The molecule has 0 aliphatic heterocycles. The van der Waals surface area contributed by atoms with E-state index in [1.54, 1.807) is 12.1 Å². The van der Waals surface area contributed by atoms with E-state index in [1.165, 1.54) is 6.92 Å². The van der Waals surface area contributed by atoms with Gasteiger partial charge in [0.1, 0.15) is 0 Å². The summed E-state index contributed by atoms with van der Waals surface area (Å²) in [4.78, 5) is 22.5. The van der Waals surface area contributed by atoms with Crippen LogP contribution < -0.4 is 0 Å². The lowest BCUT2D eigenvalue weighted by atomic mass is 10.0. The van der Waals surface area contributed by atoms with Crippen molar-refractivity contribution in [1.29, 1.82) is 0 Å². The van der Waals surface area contributed by atoms with E-state index in [-0.39, 0.29) is 11.1 Å². The van der Waals surface area contributed by atoms with E-state index in [9.17, 15) is 9.59 Å². The molecule has 0 amide bonds. The predicted molar refractivity (Wildman–Crippen MR) is 64.5 cm³/mol. The van der Waals surface area contributed by atoms with Gasteiger partial charge in [0.2, 0.25) is 0 Å². The number of carbonyl (C=O) groups is 2. The standard InChI is InChI=1S/C12H13BrO3/c1-8-3-5-10(6-4-8)12(11(15)7-13)16-9(2)14/h3-6,12H,7H2,1-2H3. The van der Waals surface area contributed by atoms with Gasteiger partial charge in [0.05, 0.1) is 5.33 Å². The minimum absolute atomic E-state index is 0.165. The second-order valence-electron chi connectivity index (χ2n) is 3.50. The number of benzene rings is 1. The van der Waals surface area contributed by atoms with Crippen molar-refractivity contribution in [3.05, 3.63) is 35.4 Å². The van der Waals surface area contributed by atoms with Gasteiger partial charge in [-0.05, 0) is 6.92 Å². The predicted octanol–water partition coefficient (Wildman–Crippen LogP) is 2.56. The van der Waals surface area contributed by atoms with Crippen molar-refractivity contribution in [2.75, 3.05) is 5.33 Å². The average molecular weight is 285 g/mol. The fourth-order valence-electron chi connectivity index (χ4n) is 1.30. The maximum absolute atomic E-state index is 11.6. The topological polar surface area (TPSA) is 43.4 Å². The molecule has 0 spiro atoms. The molecule has 86 valence electrons. The lowest BCUT2D eigenvalue weighted by molar-refractivity contribution is -0.152. The minimum Gasteiger partial charge on any atom is -0.450 e. The van der Waals surface area contributed by atoms with Crippen LogP contribution in [0, 0.1) is 6.92 Å². The normalized spacial score (nSPS) is 11.9. The largest absolute Gasteiger partial charge is 0.450 e. The van der Waals surface area contributed by atoms with Crippen molar-refractivity contribution >= 4 is 27.7 Å². The van der Waals surface area contributed by atoms with E-state index in [2.05, 4.69) is 15.9 Å². The van der Waals surface area contributed by atoms with Crippen molar-refractivity contribution in [3.63, 3.8) is 0 Å². The van der Waals surface area contributed by atoms with Crippen LogP contribution in [-0.4, -0.2) is 17.1 Å². The zero-order valence-corrected chi connectivity index (χ0v) is 10.8. The van der Waals surface area contributed by atoms with Crippen LogP contribution in [0.5, 0.6) is 0 Å². The van der Waals surface area contributed by atoms with Crippen LogP contribution in [0.25, 0.3) is 0 Å². The Kier molecular flexibility index (Phi) is 4.68. The molecule has 0 heterocycles. The number of hydrogen-bond acceptors (Lipinski definition) is 3. The molecule has 0 N–H and O–H groups in total. The number of halogens is 1. The fourth-order valence-corrected chi connectivity index (χ4v) is 1.59. The summed E-state index contributed by atoms with van der Waals surface area (Å²) in [5.74, 6) is -0.626. The minimum atomic E-state index is -0.808. The highest BCUT2D eigenvalue weighted by Gasteiger charge is 2.22. The zero-order valence-electron chi connectivity index (χ0n) is 9.20. The first-order valence-corrected chi connectivity index (χ1v) is 5.99. The highest BCUT2D eigenvalue weighted by atomic mass is 79.9. The molecule has 1 aromatic rings. The quantitative estimate of drug-likeness (QED) is 0.630. The molecular formula is C12H13BrO3. The highest BCUT2D eigenvalue weighted by Crippen LogP contribution is 2.20. The maximum atomic E-state index is 11.6. The van der Waals surface area contributed by atoms with Gasteiger partial charge in [-0.1, -0.05) is 45.8 Å². The Hall–Kier alpha value is -1.16. The second kappa shape index (κ2) is 5.80. The van der Waals surface area contributed by atoms with E-state index in [0.717, 1.165) is 5.56 Å². The molecule has 0 aliphatic rings. The number of aryl methyl sites for hydroxylation is 1.